The molecule has 2 aromatic rings. The minimum atomic E-state index is 0.806. The van der Waals surface area contributed by atoms with Gasteiger partial charge in [-0.15, -0.1) is 11.3 Å². The number of aromatic nitrogens is 1. The summed E-state index contributed by atoms with van der Waals surface area (Å²) in [6.07, 6.45) is 5.62. The third-order valence-corrected chi connectivity index (χ3v) is 4.57. The van der Waals surface area contributed by atoms with Crippen LogP contribution in [0.3, 0.4) is 0 Å². The van der Waals surface area contributed by atoms with E-state index in [1.807, 2.05) is 11.6 Å². The summed E-state index contributed by atoms with van der Waals surface area (Å²) in [5.74, 6) is 1.83. The van der Waals surface area contributed by atoms with Crippen molar-refractivity contribution in [2.75, 3.05) is 18.1 Å². The van der Waals surface area contributed by atoms with E-state index in [1.165, 1.54) is 24.1 Å². The Labute approximate surface area is 116 Å². The number of anilines is 2. The summed E-state index contributed by atoms with van der Waals surface area (Å²) < 4.78 is 5.85. The molecule has 1 saturated carbocycles. The fraction of sp³-hybridized carbons (Fsp3) is 0.400. The normalized spacial score (nSPS) is 17.6. The third-order valence-electron chi connectivity index (χ3n) is 3.78. The predicted molar refractivity (Wildman–Crippen MR) is 77.5 cm³/mol. The van der Waals surface area contributed by atoms with Crippen molar-refractivity contribution in [3.05, 3.63) is 35.3 Å². The van der Waals surface area contributed by atoms with Crippen LogP contribution in [-0.4, -0.2) is 18.1 Å². The van der Waals surface area contributed by atoms with Crippen molar-refractivity contribution < 1.29 is 4.74 Å². The van der Waals surface area contributed by atoms with E-state index in [1.54, 1.807) is 11.3 Å². The van der Waals surface area contributed by atoms with E-state index < -0.39 is 0 Å². The van der Waals surface area contributed by atoms with Crippen LogP contribution in [0.15, 0.2) is 29.8 Å². The Balaban J connectivity index is 1.55. The highest BCUT2D eigenvalue weighted by molar-refractivity contribution is 7.13. The lowest BCUT2D eigenvalue weighted by Crippen LogP contribution is -2.12. The Kier molecular flexibility index (Phi) is 2.69. The van der Waals surface area contributed by atoms with Gasteiger partial charge in [-0.2, -0.15) is 0 Å². The number of hydrogen-bond acceptors (Lipinski definition) is 4. The molecule has 0 bridgehead atoms. The van der Waals surface area contributed by atoms with Crippen LogP contribution in [-0.2, 0) is 6.42 Å². The second-order valence-corrected chi connectivity index (χ2v) is 6.13. The summed E-state index contributed by atoms with van der Waals surface area (Å²) in [6.45, 7) is 1.91. The third kappa shape index (κ3) is 2.21. The molecule has 0 saturated heterocycles. The Morgan fingerprint density at radius 2 is 2.32 bits per heavy atom. The van der Waals surface area contributed by atoms with E-state index in [9.17, 15) is 0 Å². The maximum Gasteiger partial charge on any atom is 0.189 e. The van der Waals surface area contributed by atoms with Crippen molar-refractivity contribution in [1.82, 2.24) is 4.98 Å². The lowest BCUT2D eigenvalue weighted by molar-refractivity contribution is 0.299. The molecule has 0 amide bonds. The zero-order valence-electron chi connectivity index (χ0n) is 10.7. The lowest BCUT2D eigenvalue weighted by Gasteiger charge is -2.16. The van der Waals surface area contributed by atoms with Gasteiger partial charge in [0.25, 0.3) is 0 Å². The van der Waals surface area contributed by atoms with Crippen LogP contribution in [0.1, 0.15) is 18.4 Å². The number of fused-ring (bicyclic) bond motifs is 1. The van der Waals surface area contributed by atoms with Crippen LogP contribution in [0.25, 0.3) is 0 Å². The number of nitrogens with zero attached hydrogens (tertiary/aromatic N) is 2. The Morgan fingerprint density at radius 1 is 1.37 bits per heavy atom. The highest BCUT2D eigenvalue weighted by Crippen LogP contribution is 2.37. The van der Waals surface area contributed by atoms with Crippen LogP contribution in [0.5, 0.6) is 5.75 Å². The molecule has 0 N–H and O–H groups in total. The molecule has 2 aliphatic rings. The molecule has 1 aliphatic heterocycles. The van der Waals surface area contributed by atoms with E-state index in [2.05, 4.69) is 28.1 Å². The number of hydrogen-bond donors (Lipinski definition) is 0. The first-order valence-corrected chi connectivity index (χ1v) is 7.71. The molecule has 2 heterocycles. The average molecular weight is 272 g/mol. The molecule has 4 heteroatoms. The van der Waals surface area contributed by atoms with Gasteiger partial charge in [0.15, 0.2) is 5.13 Å². The van der Waals surface area contributed by atoms with Crippen LogP contribution in [0.4, 0.5) is 10.8 Å². The van der Waals surface area contributed by atoms with E-state index in [0.717, 1.165) is 36.4 Å². The first kappa shape index (κ1) is 11.3. The first-order valence-electron chi connectivity index (χ1n) is 6.83. The van der Waals surface area contributed by atoms with Crippen molar-refractivity contribution in [2.45, 2.75) is 19.3 Å². The molecule has 1 aliphatic carbocycles. The number of benzene rings is 1. The second-order valence-electron chi connectivity index (χ2n) is 5.26. The molecule has 0 unspecified atom stereocenters. The van der Waals surface area contributed by atoms with Gasteiger partial charge in [0.1, 0.15) is 5.75 Å². The largest absolute Gasteiger partial charge is 0.493 e. The molecular formula is C15H16N2OS. The zero-order valence-corrected chi connectivity index (χ0v) is 11.5. The molecule has 98 valence electrons. The van der Waals surface area contributed by atoms with Crippen molar-refractivity contribution >= 4 is 22.2 Å². The maximum absolute atomic E-state index is 5.85. The SMILES string of the molecule is c1csc(N2CCc3cc(OCC4CC4)ccc32)n1. The van der Waals surface area contributed by atoms with Gasteiger partial charge in [-0.3, -0.25) is 0 Å². The quantitative estimate of drug-likeness (QED) is 0.850. The van der Waals surface area contributed by atoms with Crippen LogP contribution in [0, 0.1) is 5.92 Å². The van der Waals surface area contributed by atoms with E-state index in [4.69, 9.17) is 4.74 Å². The van der Waals surface area contributed by atoms with Crippen molar-refractivity contribution in [1.29, 1.82) is 0 Å². The predicted octanol–water partition coefficient (Wildman–Crippen LogP) is 3.63. The molecule has 1 fully saturated rings. The summed E-state index contributed by atoms with van der Waals surface area (Å²) in [4.78, 5) is 6.70. The molecular weight excluding hydrogens is 256 g/mol. The Hall–Kier alpha value is -1.55. The molecule has 1 aromatic carbocycles. The molecule has 4 rings (SSSR count). The van der Waals surface area contributed by atoms with Crippen molar-refractivity contribution in [2.24, 2.45) is 5.92 Å². The number of rotatable bonds is 4. The van der Waals surface area contributed by atoms with E-state index in [0.29, 0.717) is 0 Å². The minimum Gasteiger partial charge on any atom is -0.493 e. The van der Waals surface area contributed by atoms with E-state index >= 15 is 0 Å². The Bertz CT molecular complexity index is 578. The van der Waals surface area contributed by atoms with Gasteiger partial charge < -0.3 is 9.64 Å². The molecule has 3 nitrogen and oxygen atoms in total. The smallest absolute Gasteiger partial charge is 0.189 e. The molecule has 0 radical (unpaired) electrons. The van der Waals surface area contributed by atoms with Gasteiger partial charge in [-0.25, -0.2) is 4.98 Å². The van der Waals surface area contributed by atoms with Gasteiger partial charge in [0.05, 0.1) is 6.61 Å². The fourth-order valence-electron chi connectivity index (χ4n) is 2.51. The van der Waals surface area contributed by atoms with E-state index in [-0.39, 0.29) is 0 Å². The van der Waals surface area contributed by atoms with Crippen LogP contribution >= 0.6 is 11.3 Å². The van der Waals surface area contributed by atoms with Gasteiger partial charge in [-0.1, -0.05) is 0 Å². The van der Waals surface area contributed by atoms with Crippen LogP contribution < -0.4 is 9.64 Å². The standard InChI is InChI=1S/C15H16N2OS/c1-2-11(1)10-18-13-3-4-14-12(9-13)5-7-17(14)15-16-6-8-19-15/h3-4,6,8-9,11H,1-2,5,7,10H2. The lowest BCUT2D eigenvalue weighted by atomic mass is 10.1. The Morgan fingerprint density at radius 3 is 3.11 bits per heavy atom. The minimum absolute atomic E-state index is 0.806. The summed E-state index contributed by atoms with van der Waals surface area (Å²) in [7, 11) is 0. The second kappa shape index (κ2) is 4.53. The van der Waals surface area contributed by atoms with Gasteiger partial charge in [0.2, 0.25) is 0 Å². The summed E-state index contributed by atoms with van der Waals surface area (Å²) in [6, 6.07) is 6.46. The monoisotopic (exact) mass is 272 g/mol. The fourth-order valence-corrected chi connectivity index (χ4v) is 3.20. The molecule has 19 heavy (non-hydrogen) atoms. The van der Waals surface area contributed by atoms with Gasteiger partial charge >= 0.3 is 0 Å². The molecule has 0 atom stereocenters. The first-order chi connectivity index (χ1) is 9.40. The number of thiazole rings is 1. The summed E-state index contributed by atoms with van der Waals surface area (Å²) in [5, 5.41) is 3.12. The highest BCUT2D eigenvalue weighted by atomic mass is 32.1. The maximum atomic E-state index is 5.85. The molecule has 1 aromatic heterocycles. The highest BCUT2D eigenvalue weighted by Gasteiger charge is 2.24. The van der Waals surface area contributed by atoms with Gasteiger partial charge in [0, 0.05) is 23.8 Å². The van der Waals surface area contributed by atoms with Crippen molar-refractivity contribution in [3.8, 4) is 5.75 Å². The summed E-state index contributed by atoms with van der Waals surface area (Å²) >= 11 is 1.69. The average Bonchev–Trinajstić information content (AvgIpc) is 2.94. The van der Waals surface area contributed by atoms with Gasteiger partial charge in [-0.05, 0) is 48.9 Å². The molecule has 0 spiro atoms. The number of ether oxygens (including phenoxy) is 1. The van der Waals surface area contributed by atoms with Crippen molar-refractivity contribution in [3.63, 3.8) is 0 Å². The van der Waals surface area contributed by atoms with Crippen LogP contribution in [0.2, 0.25) is 0 Å². The summed E-state index contributed by atoms with van der Waals surface area (Å²) in [5.41, 5.74) is 2.66. The zero-order chi connectivity index (χ0) is 12.7. The topological polar surface area (TPSA) is 25.4 Å².